The molecule has 0 saturated carbocycles. The summed E-state index contributed by atoms with van der Waals surface area (Å²) in [6, 6.07) is 14.4. The Morgan fingerprint density at radius 2 is 1.76 bits per heavy atom. The smallest absolute Gasteiger partial charge is 0.154 e. The number of fused-ring (bicyclic) bond motifs is 3. The zero-order valence-electron chi connectivity index (χ0n) is 17.3. The molecule has 150 valence electrons. The Labute approximate surface area is 171 Å². The molecule has 5 heteroatoms. The summed E-state index contributed by atoms with van der Waals surface area (Å²) in [5.41, 5.74) is 5.53. The van der Waals surface area contributed by atoms with Gasteiger partial charge in [0, 0.05) is 23.3 Å². The summed E-state index contributed by atoms with van der Waals surface area (Å²) in [4.78, 5) is 11.7. The SMILES string of the molecule is COc1ccc([C@H]2[C@H]3CCc4ccc(OC)cc4C3=NN2/C(C)=C/C(C)=O)cc1. The first kappa shape index (κ1) is 19.2. The van der Waals surface area contributed by atoms with Gasteiger partial charge in [-0.05, 0) is 62.1 Å². The lowest BCUT2D eigenvalue weighted by atomic mass is 9.77. The van der Waals surface area contributed by atoms with Crippen molar-refractivity contribution in [1.82, 2.24) is 5.01 Å². The first-order valence-electron chi connectivity index (χ1n) is 9.89. The largest absolute Gasteiger partial charge is 0.497 e. The van der Waals surface area contributed by atoms with E-state index in [2.05, 4.69) is 24.3 Å². The van der Waals surface area contributed by atoms with Gasteiger partial charge in [0.05, 0.1) is 26.0 Å². The normalized spacial score (nSPS) is 20.6. The highest BCUT2D eigenvalue weighted by Crippen LogP contribution is 2.45. The molecular weight excluding hydrogens is 364 g/mol. The van der Waals surface area contributed by atoms with E-state index in [0.29, 0.717) is 0 Å². The number of aryl methyl sites for hydroxylation is 1. The van der Waals surface area contributed by atoms with Gasteiger partial charge >= 0.3 is 0 Å². The third kappa shape index (κ3) is 3.53. The average Bonchev–Trinajstić information content (AvgIpc) is 3.13. The second-order valence-electron chi connectivity index (χ2n) is 7.61. The molecule has 1 aliphatic carbocycles. The van der Waals surface area contributed by atoms with Crippen LogP contribution in [0, 0.1) is 5.92 Å². The van der Waals surface area contributed by atoms with Crippen LogP contribution in [0.4, 0.5) is 0 Å². The molecule has 0 aromatic heterocycles. The van der Waals surface area contributed by atoms with Crippen molar-refractivity contribution in [2.24, 2.45) is 11.0 Å². The van der Waals surface area contributed by atoms with Crippen LogP contribution in [0.2, 0.25) is 0 Å². The van der Waals surface area contributed by atoms with Gasteiger partial charge in [0.1, 0.15) is 11.5 Å². The number of hydrogen-bond acceptors (Lipinski definition) is 5. The number of rotatable bonds is 5. The number of nitrogens with zero attached hydrogens (tertiary/aromatic N) is 2. The fourth-order valence-corrected chi connectivity index (χ4v) is 4.40. The molecule has 0 bridgehead atoms. The van der Waals surface area contributed by atoms with E-state index in [1.165, 1.54) is 5.56 Å². The number of methoxy groups -OCH3 is 2. The Morgan fingerprint density at radius 3 is 2.41 bits per heavy atom. The fraction of sp³-hybridized carbons (Fsp3) is 0.333. The van der Waals surface area contributed by atoms with Crippen molar-refractivity contribution >= 4 is 11.5 Å². The van der Waals surface area contributed by atoms with Crippen LogP contribution in [0.25, 0.3) is 0 Å². The Morgan fingerprint density at radius 1 is 1.07 bits per heavy atom. The molecule has 4 rings (SSSR count). The number of allylic oxidation sites excluding steroid dienone is 2. The summed E-state index contributed by atoms with van der Waals surface area (Å²) in [5.74, 6) is 1.93. The van der Waals surface area contributed by atoms with Crippen LogP contribution in [0.5, 0.6) is 11.5 Å². The number of ether oxygens (including phenoxy) is 2. The third-order valence-corrected chi connectivity index (χ3v) is 5.76. The van der Waals surface area contributed by atoms with Crippen LogP contribution in [0.3, 0.4) is 0 Å². The predicted octanol–water partition coefficient (Wildman–Crippen LogP) is 4.52. The summed E-state index contributed by atoms with van der Waals surface area (Å²) in [6.07, 6.45) is 3.67. The fourth-order valence-electron chi connectivity index (χ4n) is 4.40. The highest BCUT2D eigenvalue weighted by atomic mass is 16.5. The topological polar surface area (TPSA) is 51.1 Å². The van der Waals surface area contributed by atoms with Gasteiger partial charge in [-0.3, -0.25) is 9.80 Å². The minimum atomic E-state index is 0.0214. The Balaban J connectivity index is 1.81. The summed E-state index contributed by atoms with van der Waals surface area (Å²) < 4.78 is 10.8. The molecule has 1 aliphatic heterocycles. The van der Waals surface area contributed by atoms with Crippen LogP contribution >= 0.6 is 0 Å². The first-order chi connectivity index (χ1) is 14.0. The van der Waals surface area contributed by atoms with Crippen LogP contribution < -0.4 is 9.47 Å². The number of carbonyl (C=O) groups excluding carboxylic acids is 1. The molecule has 0 spiro atoms. The van der Waals surface area contributed by atoms with Crippen LogP contribution in [-0.4, -0.2) is 30.7 Å². The van der Waals surface area contributed by atoms with Crippen molar-refractivity contribution in [3.05, 3.63) is 70.9 Å². The van der Waals surface area contributed by atoms with Crippen LogP contribution in [-0.2, 0) is 11.2 Å². The second kappa shape index (κ2) is 7.74. The summed E-state index contributed by atoms with van der Waals surface area (Å²) in [6.45, 7) is 3.52. The third-order valence-electron chi connectivity index (χ3n) is 5.76. The lowest BCUT2D eigenvalue weighted by molar-refractivity contribution is -0.112. The van der Waals surface area contributed by atoms with E-state index in [1.54, 1.807) is 27.2 Å². The van der Waals surface area contributed by atoms with Gasteiger partial charge in [-0.2, -0.15) is 5.10 Å². The van der Waals surface area contributed by atoms with Crippen LogP contribution in [0.15, 0.2) is 59.3 Å². The molecule has 1 heterocycles. The summed E-state index contributed by atoms with van der Waals surface area (Å²) in [7, 11) is 3.36. The van der Waals surface area contributed by atoms with Crippen molar-refractivity contribution < 1.29 is 14.3 Å². The molecule has 0 unspecified atom stereocenters. The zero-order chi connectivity index (χ0) is 20.5. The maximum Gasteiger partial charge on any atom is 0.154 e. The lowest BCUT2D eigenvalue weighted by Crippen LogP contribution is -2.28. The first-order valence-corrected chi connectivity index (χ1v) is 9.89. The number of hydrogen-bond donors (Lipinski definition) is 0. The molecule has 2 aliphatic rings. The van der Waals surface area contributed by atoms with E-state index in [9.17, 15) is 4.79 Å². The zero-order valence-corrected chi connectivity index (χ0v) is 17.3. The molecule has 0 N–H and O–H groups in total. The van der Waals surface area contributed by atoms with Gasteiger partial charge < -0.3 is 9.47 Å². The Bertz CT molecular complexity index is 992. The van der Waals surface area contributed by atoms with Crippen LogP contribution in [0.1, 0.15) is 43.0 Å². The molecule has 0 amide bonds. The molecule has 0 saturated heterocycles. The maximum absolute atomic E-state index is 11.7. The highest BCUT2D eigenvalue weighted by Gasteiger charge is 2.42. The van der Waals surface area contributed by atoms with Gasteiger partial charge in [0.25, 0.3) is 0 Å². The van der Waals surface area contributed by atoms with E-state index in [0.717, 1.165) is 46.9 Å². The van der Waals surface area contributed by atoms with E-state index in [1.807, 2.05) is 30.1 Å². The maximum atomic E-state index is 11.7. The van der Waals surface area contributed by atoms with Crippen molar-refractivity contribution in [1.29, 1.82) is 0 Å². The number of ketones is 1. The molecule has 5 nitrogen and oxygen atoms in total. The number of carbonyl (C=O) groups is 1. The number of hydrazone groups is 1. The Hall–Kier alpha value is -3.08. The minimum absolute atomic E-state index is 0.0214. The Kier molecular flexibility index (Phi) is 5.14. The standard InChI is InChI=1S/C24H26N2O3/c1-15(13-16(2)27)26-24(18-6-9-19(28-3)10-7-18)21-12-8-17-5-11-20(29-4)14-22(17)23(21)25-26/h5-7,9-11,13-14,21,24H,8,12H2,1-4H3/b15-13+/t21-,24-/m0/s1. The van der Waals surface area contributed by atoms with Gasteiger partial charge in [-0.25, -0.2) is 0 Å². The average molecular weight is 390 g/mol. The summed E-state index contributed by atoms with van der Waals surface area (Å²) >= 11 is 0. The quantitative estimate of drug-likeness (QED) is 0.705. The van der Waals surface area contributed by atoms with Gasteiger partial charge in [-0.1, -0.05) is 18.2 Å². The van der Waals surface area contributed by atoms with E-state index in [-0.39, 0.29) is 17.7 Å². The van der Waals surface area contributed by atoms with E-state index < -0.39 is 0 Å². The predicted molar refractivity (Wildman–Crippen MR) is 113 cm³/mol. The van der Waals surface area contributed by atoms with Crippen molar-refractivity contribution in [2.45, 2.75) is 32.7 Å². The van der Waals surface area contributed by atoms with Gasteiger partial charge in [0.15, 0.2) is 5.78 Å². The second-order valence-corrected chi connectivity index (χ2v) is 7.61. The highest BCUT2D eigenvalue weighted by molar-refractivity contribution is 6.06. The molecule has 2 aromatic rings. The van der Waals surface area contributed by atoms with Gasteiger partial charge in [-0.15, -0.1) is 0 Å². The molecule has 0 radical (unpaired) electrons. The summed E-state index contributed by atoms with van der Waals surface area (Å²) in [5, 5.41) is 7.03. The van der Waals surface area contributed by atoms with Crippen molar-refractivity contribution in [2.75, 3.05) is 14.2 Å². The van der Waals surface area contributed by atoms with Gasteiger partial charge in [0.2, 0.25) is 0 Å². The van der Waals surface area contributed by atoms with E-state index in [4.69, 9.17) is 14.6 Å². The van der Waals surface area contributed by atoms with Crippen molar-refractivity contribution in [3.63, 3.8) is 0 Å². The molecule has 2 atom stereocenters. The van der Waals surface area contributed by atoms with E-state index >= 15 is 0 Å². The lowest BCUT2D eigenvalue weighted by Gasteiger charge is -2.31. The molecule has 0 fully saturated rings. The van der Waals surface area contributed by atoms with Crippen molar-refractivity contribution in [3.8, 4) is 11.5 Å². The monoisotopic (exact) mass is 390 g/mol. The number of benzene rings is 2. The molecular formula is C24H26N2O3. The molecule has 2 aromatic carbocycles. The molecule has 29 heavy (non-hydrogen) atoms. The minimum Gasteiger partial charge on any atom is -0.497 e.